The smallest absolute Gasteiger partial charge is 0.185 e. The summed E-state index contributed by atoms with van der Waals surface area (Å²) in [7, 11) is 0. The van der Waals surface area contributed by atoms with Gasteiger partial charge in [0.15, 0.2) is 5.78 Å². The highest BCUT2D eigenvalue weighted by Crippen LogP contribution is 2.31. The number of phenols is 2. The summed E-state index contributed by atoms with van der Waals surface area (Å²) in [6.45, 7) is 5.73. The number of carbonyl (C=O) groups excluding carboxylic acids is 1. The van der Waals surface area contributed by atoms with E-state index in [-0.39, 0.29) is 23.4 Å². The number of allylic oxidation sites excluding steroid dienone is 3. The minimum Gasteiger partial charge on any atom is -0.508 e. The minimum absolute atomic E-state index is 0.0595. The first-order chi connectivity index (χ1) is 12.4. The highest BCUT2D eigenvalue weighted by atomic mass is 16.5. The Morgan fingerprint density at radius 3 is 2.46 bits per heavy atom. The molecule has 0 aliphatic heterocycles. The molecule has 0 saturated heterocycles. The van der Waals surface area contributed by atoms with Gasteiger partial charge in [-0.25, -0.2) is 0 Å². The van der Waals surface area contributed by atoms with E-state index >= 15 is 0 Å². The van der Waals surface area contributed by atoms with Crippen molar-refractivity contribution >= 4 is 11.9 Å². The fraction of sp³-hybridized carbons (Fsp3) is 0.227. The van der Waals surface area contributed by atoms with Crippen molar-refractivity contribution < 1.29 is 19.7 Å². The predicted octanol–water partition coefficient (Wildman–Crippen LogP) is 4.90. The topological polar surface area (TPSA) is 66.8 Å². The second-order valence-corrected chi connectivity index (χ2v) is 6.20. The third kappa shape index (κ3) is 5.24. The van der Waals surface area contributed by atoms with Crippen molar-refractivity contribution in [3.63, 3.8) is 0 Å². The minimum atomic E-state index is -0.177. The van der Waals surface area contributed by atoms with Crippen molar-refractivity contribution in [1.82, 2.24) is 0 Å². The summed E-state index contributed by atoms with van der Waals surface area (Å²) < 4.78 is 5.77. The second kappa shape index (κ2) is 8.90. The molecule has 26 heavy (non-hydrogen) atoms. The van der Waals surface area contributed by atoms with Gasteiger partial charge in [0.05, 0.1) is 6.10 Å². The average Bonchev–Trinajstić information content (AvgIpc) is 2.60. The van der Waals surface area contributed by atoms with Crippen LogP contribution in [0.4, 0.5) is 0 Å². The number of phenolic OH excluding ortho intramolecular Hbond substituents is 2. The van der Waals surface area contributed by atoms with E-state index < -0.39 is 0 Å². The van der Waals surface area contributed by atoms with Crippen LogP contribution in [0.5, 0.6) is 17.2 Å². The van der Waals surface area contributed by atoms with Crippen LogP contribution in [0.25, 0.3) is 6.08 Å². The summed E-state index contributed by atoms with van der Waals surface area (Å²) in [5.41, 5.74) is 1.97. The highest BCUT2D eigenvalue weighted by molar-refractivity contribution is 6.07. The predicted molar refractivity (Wildman–Crippen MR) is 104 cm³/mol. The van der Waals surface area contributed by atoms with Gasteiger partial charge in [0.2, 0.25) is 0 Å². The van der Waals surface area contributed by atoms with E-state index in [1.807, 2.05) is 39.0 Å². The molecular weight excluding hydrogens is 328 g/mol. The molecule has 2 N–H and O–H groups in total. The Morgan fingerprint density at radius 2 is 1.85 bits per heavy atom. The molecule has 0 unspecified atom stereocenters. The maximum Gasteiger partial charge on any atom is 0.185 e. The number of carbonyl (C=O) groups is 1. The van der Waals surface area contributed by atoms with Gasteiger partial charge in [-0.15, -0.1) is 0 Å². The van der Waals surface area contributed by atoms with Crippen LogP contribution < -0.4 is 4.74 Å². The molecule has 0 aliphatic carbocycles. The van der Waals surface area contributed by atoms with Crippen molar-refractivity contribution in [3.05, 3.63) is 71.3 Å². The van der Waals surface area contributed by atoms with Crippen LogP contribution in [0.2, 0.25) is 0 Å². The Hall–Kier alpha value is -3.01. The molecule has 4 nitrogen and oxygen atoms in total. The Kier molecular flexibility index (Phi) is 6.61. The first kappa shape index (κ1) is 19.3. The van der Waals surface area contributed by atoms with E-state index in [4.69, 9.17) is 4.74 Å². The molecule has 2 aromatic carbocycles. The first-order valence-corrected chi connectivity index (χ1v) is 8.56. The lowest BCUT2D eigenvalue weighted by molar-refractivity contribution is 0.104. The fourth-order valence-electron chi connectivity index (χ4n) is 2.41. The van der Waals surface area contributed by atoms with E-state index in [0.717, 1.165) is 11.1 Å². The van der Waals surface area contributed by atoms with Gasteiger partial charge in [0, 0.05) is 17.2 Å². The molecule has 2 rings (SSSR count). The van der Waals surface area contributed by atoms with Crippen molar-refractivity contribution in [2.24, 2.45) is 0 Å². The average molecular weight is 352 g/mol. The highest BCUT2D eigenvalue weighted by Gasteiger charge is 2.10. The van der Waals surface area contributed by atoms with E-state index in [1.165, 1.54) is 18.2 Å². The monoisotopic (exact) mass is 352 g/mol. The fourth-order valence-corrected chi connectivity index (χ4v) is 2.41. The quantitative estimate of drug-likeness (QED) is 0.422. The summed E-state index contributed by atoms with van der Waals surface area (Å²) in [4.78, 5) is 12.3. The number of hydrogen-bond donors (Lipinski definition) is 2. The second-order valence-electron chi connectivity index (χ2n) is 6.20. The Bertz CT molecular complexity index is 815. The standard InChI is InChI=1S/C22H24O4/c1-4-5-6-17-13-18(22(14-21(17)25)26-15(2)3)9-12-20(24)16-7-10-19(23)11-8-16/h4-5,7-15,23,25H,6H2,1-3H3. The lowest BCUT2D eigenvalue weighted by Crippen LogP contribution is -2.07. The molecule has 0 spiro atoms. The van der Waals surface area contributed by atoms with Gasteiger partial charge >= 0.3 is 0 Å². The number of rotatable bonds is 7. The van der Waals surface area contributed by atoms with Crippen LogP contribution >= 0.6 is 0 Å². The zero-order valence-corrected chi connectivity index (χ0v) is 15.3. The molecule has 0 saturated carbocycles. The molecule has 0 heterocycles. The molecule has 0 fully saturated rings. The molecule has 136 valence electrons. The summed E-state index contributed by atoms with van der Waals surface area (Å²) in [5.74, 6) is 0.631. The number of benzene rings is 2. The van der Waals surface area contributed by atoms with E-state index in [0.29, 0.717) is 17.7 Å². The lowest BCUT2D eigenvalue weighted by Gasteiger charge is -2.15. The van der Waals surface area contributed by atoms with Gasteiger partial charge in [-0.05, 0) is 75.2 Å². The van der Waals surface area contributed by atoms with Crippen LogP contribution in [0.15, 0.2) is 54.6 Å². The third-order valence-electron chi connectivity index (χ3n) is 3.71. The Labute approximate surface area is 154 Å². The zero-order valence-electron chi connectivity index (χ0n) is 15.3. The van der Waals surface area contributed by atoms with E-state index in [9.17, 15) is 15.0 Å². The third-order valence-corrected chi connectivity index (χ3v) is 3.71. The van der Waals surface area contributed by atoms with Gasteiger partial charge in [0.25, 0.3) is 0 Å². The van der Waals surface area contributed by atoms with Gasteiger partial charge in [-0.2, -0.15) is 0 Å². The van der Waals surface area contributed by atoms with Crippen LogP contribution in [0.1, 0.15) is 42.3 Å². The largest absolute Gasteiger partial charge is 0.508 e. The van der Waals surface area contributed by atoms with Gasteiger partial charge in [0.1, 0.15) is 17.2 Å². The molecule has 0 radical (unpaired) electrons. The molecular formula is C22H24O4. The molecule has 0 atom stereocenters. The Morgan fingerprint density at radius 1 is 1.15 bits per heavy atom. The SMILES string of the molecule is CC=CCc1cc(C=CC(=O)c2ccc(O)cc2)c(OC(C)C)cc1O. The van der Waals surface area contributed by atoms with E-state index in [1.54, 1.807) is 24.3 Å². The van der Waals surface area contributed by atoms with Gasteiger partial charge in [-0.3, -0.25) is 4.79 Å². The summed E-state index contributed by atoms with van der Waals surface area (Å²) in [6.07, 6.45) is 7.55. The van der Waals surface area contributed by atoms with Crippen LogP contribution in [0, 0.1) is 0 Å². The van der Waals surface area contributed by atoms with E-state index in [2.05, 4.69) is 0 Å². The number of ether oxygens (including phenoxy) is 1. The van der Waals surface area contributed by atoms with Crippen molar-refractivity contribution in [2.45, 2.75) is 33.3 Å². The zero-order chi connectivity index (χ0) is 19.1. The molecule has 0 amide bonds. The first-order valence-electron chi connectivity index (χ1n) is 8.56. The van der Waals surface area contributed by atoms with Gasteiger partial charge in [-0.1, -0.05) is 12.2 Å². The lowest BCUT2D eigenvalue weighted by atomic mass is 10.0. The van der Waals surface area contributed by atoms with Crippen molar-refractivity contribution in [3.8, 4) is 17.2 Å². The normalized spacial score (nSPS) is 11.5. The maximum absolute atomic E-state index is 12.3. The summed E-state index contributed by atoms with van der Waals surface area (Å²) in [6, 6.07) is 9.51. The molecule has 0 aromatic heterocycles. The van der Waals surface area contributed by atoms with Crippen molar-refractivity contribution in [2.75, 3.05) is 0 Å². The van der Waals surface area contributed by atoms with Gasteiger partial charge < -0.3 is 14.9 Å². The maximum atomic E-state index is 12.3. The summed E-state index contributed by atoms with van der Waals surface area (Å²) in [5, 5.41) is 19.5. The number of ketones is 1. The molecule has 0 aliphatic rings. The van der Waals surface area contributed by atoms with Crippen LogP contribution in [-0.4, -0.2) is 22.1 Å². The van der Waals surface area contributed by atoms with Crippen LogP contribution in [-0.2, 0) is 6.42 Å². The van der Waals surface area contributed by atoms with Crippen LogP contribution in [0.3, 0.4) is 0 Å². The summed E-state index contributed by atoms with van der Waals surface area (Å²) >= 11 is 0. The number of aromatic hydroxyl groups is 2. The molecule has 2 aromatic rings. The van der Waals surface area contributed by atoms with Crippen molar-refractivity contribution in [1.29, 1.82) is 0 Å². The Balaban J connectivity index is 2.34. The number of hydrogen-bond acceptors (Lipinski definition) is 4. The molecule has 0 bridgehead atoms. The molecule has 4 heteroatoms.